The van der Waals surface area contributed by atoms with Crippen LogP contribution in [0.25, 0.3) is 0 Å². The number of fused-ring (bicyclic) bond motifs is 5. The first-order chi connectivity index (χ1) is 13.7. The van der Waals surface area contributed by atoms with Gasteiger partial charge in [0.2, 0.25) is 0 Å². The van der Waals surface area contributed by atoms with Crippen LogP contribution in [0, 0.1) is 52.3 Å². The molecule has 1 heteroatoms. The van der Waals surface area contributed by atoms with E-state index in [2.05, 4.69) is 59.8 Å². The molecule has 0 unspecified atom stereocenters. The van der Waals surface area contributed by atoms with Crippen LogP contribution in [-0.4, -0.2) is 11.2 Å². The van der Waals surface area contributed by atoms with E-state index in [1.165, 1.54) is 38.5 Å². The summed E-state index contributed by atoms with van der Waals surface area (Å²) in [6.07, 6.45) is 17.8. The van der Waals surface area contributed by atoms with Crippen molar-refractivity contribution < 1.29 is 5.11 Å². The highest BCUT2D eigenvalue weighted by Gasteiger charge is 2.57. The number of allylic oxidation sites excluding steroid dienone is 4. The highest BCUT2D eigenvalue weighted by molar-refractivity contribution is 5.28. The molecular formula is C28H46O. The van der Waals surface area contributed by atoms with E-state index < -0.39 is 0 Å². The third kappa shape index (κ3) is 3.58. The van der Waals surface area contributed by atoms with E-state index in [-0.39, 0.29) is 6.10 Å². The molecule has 4 aliphatic carbocycles. The van der Waals surface area contributed by atoms with Gasteiger partial charge in [-0.25, -0.2) is 0 Å². The summed E-state index contributed by atoms with van der Waals surface area (Å²) in [6.45, 7) is 14.7. The first kappa shape index (κ1) is 21.7. The predicted molar refractivity (Wildman–Crippen MR) is 124 cm³/mol. The molecule has 0 aromatic carbocycles. The third-order valence-electron chi connectivity index (χ3n) is 10.5. The van der Waals surface area contributed by atoms with Gasteiger partial charge in [0.15, 0.2) is 0 Å². The Morgan fingerprint density at radius 3 is 2.34 bits per heavy atom. The second kappa shape index (κ2) is 7.85. The summed E-state index contributed by atoms with van der Waals surface area (Å²) < 4.78 is 0. The van der Waals surface area contributed by atoms with E-state index >= 15 is 0 Å². The van der Waals surface area contributed by atoms with E-state index in [1.807, 2.05) is 5.57 Å². The van der Waals surface area contributed by atoms with Crippen molar-refractivity contribution in [2.24, 2.45) is 52.3 Å². The van der Waals surface area contributed by atoms with E-state index in [0.29, 0.717) is 28.6 Å². The monoisotopic (exact) mass is 398 g/mol. The molecule has 3 fully saturated rings. The number of hydrogen-bond acceptors (Lipinski definition) is 1. The van der Waals surface area contributed by atoms with Crippen molar-refractivity contribution in [3.63, 3.8) is 0 Å². The summed E-state index contributed by atoms with van der Waals surface area (Å²) in [5.41, 5.74) is 2.79. The van der Waals surface area contributed by atoms with Crippen molar-refractivity contribution in [1.82, 2.24) is 0 Å². The van der Waals surface area contributed by atoms with Crippen LogP contribution in [-0.2, 0) is 0 Å². The van der Waals surface area contributed by atoms with Gasteiger partial charge in [-0.2, -0.15) is 0 Å². The van der Waals surface area contributed by atoms with Gasteiger partial charge in [-0.3, -0.25) is 0 Å². The summed E-state index contributed by atoms with van der Waals surface area (Å²) in [6, 6.07) is 0. The molecule has 0 spiro atoms. The summed E-state index contributed by atoms with van der Waals surface area (Å²) >= 11 is 0. The molecule has 4 rings (SSSR count). The molecule has 0 aromatic rings. The zero-order valence-electron chi connectivity index (χ0n) is 20.0. The molecule has 0 aromatic heterocycles. The number of aliphatic hydroxyl groups excluding tert-OH is 1. The van der Waals surface area contributed by atoms with Crippen molar-refractivity contribution >= 4 is 0 Å². The second-order valence-electron chi connectivity index (χ2n) is 12.3. The Labute approximate surface area is 180 Å². The Balaban J connectivity index is 1.54. The highest BCUT2D eigenvalue weighted by Crippen LogP contribution is 2.66. The van der Waals surface area contributed by atoms with Crippen molar-refractivity contribution in [3.05, 3.63) is 23.8 Å². The maximum Gasteiger partial charge on any atom is 0.0543 e. The molecule has 9 atom stereocenters. The van der Waals surface area contributed by atoms with E-state index in [1.54, 1.807) is 0 Å². The van der Waals surface area contributed by atoms with Gasteiger partial charge in [0.05, 0.1) is 6.10 Å². The zero-order valence-corrected chi connectivity index (χ0v) is 20.0. The van der Waals surface area contributed by atoms with Gasteiger partial charge in [0.1, 0.15) is 0 Å². The lowest BCUT2D eigenvalue weighted by Crippen LogP contribution is -2.49. The summed E-state index contributed by atoms with van der Waals surface area (Å²) in [4.78, 5) is 0. The van der Waals surface area contributed by atoms with Crippen LogP contribution in [0.3, 0.4) is 0 Å². The zero-order chi connectivity index (χ0) is 21.0. The summed E-state index contributed by atoms with van der Waals surface area (Å²) in [5.74, 6) is 5.25. The van der Waals surface area contributed by atoms with Gasteiger partial charge in [0, 0.05) is 0 Å². The third-order valence-corrected chi connectivity index (χ3v) is 10.5. The normalized spacial score (nSPS) is 46.8. The molecule has 0 aliphatic heterocycles. The highest BCUT2D eigenvalue weighted by atomic mass is 16.3. The fourth-order valence-corrected chi connectivity index (χ4v) is 8.10. The van der Waals surface area contributed by atoms with Crippen LogP contribution in [0.1, 0.15) is 92.9 Å². The van der Waals surface area contributed by atoms with Gasteiger partial charge in [-0.05, 0) is 104 Å². The maximum atomic E-state index is 10.2. The molecule has 0 bridgehead atoms. The van der Waals surface area contributed by atoms with E-state index in [0.717, 1.165) is 36.5 Å². The second-order valence-corrected chi connectivity index (χ2v) is 12.3. The molecule has 164 valence electrons. The Morgan fingerprint density at radius 2 is 1.62 bits per heavy atom. The fraction of sp³-hybridized carbons (Fsp3) is 0.857. The van der Waals surface area contributed by atoms with Crippen LogP contribution >= 0.6 is 0 Å². The molecular weight excluding hydrogens is 352 g/mol. The van der Waals surface area contributed by atoms with Gasteiger partial charge in [-0.15, -0.1) is 0 Å². The lowest BCUT2D eigenvalue weighted by Gasteiger charge is -2.57. The van der Waals surface area contributed by atoms with Crippen molar-refractivity contribution in [2.75, 3.05) is 0 Å². The molecule has 0 amide bonds. The predicted octanol–water partition coefficient (Wildman–Crippen LogP) is 7.41. The van der Waals surface area contributed by atoms with Gasteiger partial charge in [0.25, 0.3) is 0 Å². The van der Waals surface area contributed by atoms with Crippen LogP contribution in [0.15, 0.2) is 23.8 Å². The standard InChI is InChI=1S/C28H46O/c1-18(2)19(3)7-8-20(4)24-11-12-25-23-10-9-21-17-22(29)13-15-27(21,5)26(23)14-16-28(24,25)6/h7-8,10,18-22,24-26,29H,9,11-17H2,1-6H3/b8-7+/t19-,20+,21+,22+,24-,25+,26+,27-,28+/m0/s1. The van der Waals surface area contributed by atoms with Crippen LogP contribution in [0.2, 0.25) is 0 Å². The molecule has 3 saturated carbocycles. The molecule has 0 radical (unpaired) electrons. The topological polar surface area (TPSA) is 20.2 Å². The smallest absolute Gasteiger partial charge is 0.0543 e. The average Bonchev–Trinajstić information content (AvgIpc) is 3.03. The largest absolute Gasteiger partial charge is 0.393 e. The Hall–Kier alpha value is -0.560. The maximum absolute atomic E-state index is 10.2. The minimum atomic E-state index is -0.0476. The summed E-state index contributed by atoms with van der Waals surface area (Å²) in [7, 11) is 0. The molecule has 1 nitrogen and oxygen atoms in total. The number of aliphatic hydroxyl groups is 1. The first-order valence-corrected chi connectivity index (χ1v) is 12.7. The number of hydrogen-bond donors (Lipinski definition) is 1. The Bertz CT molecular complexity index is 659. The Morgan fingerprint density at radius 1 is 0.931 bits per heavy atom. The van der Waals surface area contributed by atoms with E-state index in [9.17, 15) is 5.11 Å². The van der Waals surface area contributed by atoms with Gasteiger partial charge < -0.3 is 5.11 Å². The van der Waals surface area contributed by atoms with Crippen molar-refractivity contribution in [1.29, 1.82) is 0 Å². The van der Waals surface area contributed by atoms with Crippen LogP contribution in [0.5, 0.6) is 0 Å². The van der Waals surface area contributed by atoms with Gasteiger partial charge in [-0.1, -0.05) is 65.3 Å². The van der Waals surface area contributed by atoms with E-state index in [4.69, 9.17) is 0 Å². The van der Waals surface area contributed by atoms with Crippen molar-refractivity contribution in [3.8, 4) is 0 Å². The molecule has 0 saturated heterocycles. The molecule has 1 N–H and O–H groups in total. The molecule has 29 heavy (non-hydrogen) atoms. The quantitative estimate of drug-likeness (QED) is 0.489. The van der Waals surface area contributed by atoms with Crippen LogP contribution in [0.4, 0.5) is 0 Å². The fourth-order valence-electron chi connectivity index (χ4n) is 8.10. The number of rotatable bonds is 4. The molecule has 4 aliphatic rings. The minimum absolute atomic E-state index is 0.0476. The lowest BCUT2D eigenvalue weighted by atomic mass is 9.47. The average molecular weight is 399 g/mol. The van der Waals surface area contributed by atoms with Crippen molar-refractivity contribution in [2.45, 2.75) is 99.0 Å². The SMILES string of the molecule is CC(C)[C@@H](C)/C=C/[C@@H](C)[C@@H]1CC[C@@H]2C3=CC[C@@H]4C[C@H](O)CC[C@]4(C)[C@@H]3CC[C@@]21C. The summed E-state index contributed by atoms with van der Waals surface area (Å²) in [5, 5.41) is 10.2. The molecule has 0 heterocycles. The van der Waals surface area contributed by atoms with Crippen LogP contribution < -0.4 is 0 Å². The van der Waals surface area contributed by atoms with Gasteiger partial charge >= 0.3 is 0 Å². The minimum Gasteiger partial charge on any atom is -0.393 e. The Kier molecular flexibility index (Phi) is 5.86. The first-order valence-electron chi connectivity index (χ1n) is 12.7. The lowest BCUT2D eigenvalue weighted by molar-refractivity contribution is -0.0414.